The average Bonchev–Trinajstić information content (AvgIpc) is 3.26. The van der Waals surface area contributed by atoms with E-state index in [-0.39, 0.29) is 11.9 Å². The third-order valence-corrected chi connectivity index (χ3v) is 5.56. The summed E-state index contributed by atoms with van der Waals surface area (Å²) in [6.07, 6.45) is 0.782. The summed E-state index contributed by atoms with van der Waals surface area (Å²) in [5.41, 5.74) is 1.60. The van der Waals surface area contributed by atoms with E-state index in [0.717, 1.165) is 27.6 Å². The molecule has 0 radical (unpaired) electrons. The Morgan fingerprint density at radius 3 is 3.00 bits per heavy atom. The van der Waals surface area contributed by atoms with Gasteiger partial charge in [0, 0.05) is 5.38 Å². The molecule has 1 aromatic carbocycles. The molecule has 4 nitrogen and oxygen atoms in total. The van der Waals surface area contributed by atoms with Gasteiger partial charge in [0.15, 0.2) is 0 Å². The Kier molecular flexibility index (Phi) is 3.85. The lowest BCUT2D eigenvalue weighted by Gasteiger charge is -2.25. The summed E-state index contributed by atoms with van der Waals surface area (Å²) in [5, 5.41) is 7.72. The Balaban J connectivity index is 1.45. The van der Waals surface area contributed by atoms with Gasteiger partial charge in [0.1, 0.15) is 23.1 Å². The van der Waals surface area contributed by atoms with E-state index < -0.39 is 0 Å². The van der Waals surface area contributed by atoms with Crippen LogP contribution >= 0.6 is 22.7 Å². The van der Waals surface area contributed by atoms with Gasteiger partial charge in [0.2, 0.25) is 0 Å². The summed E-state index contributed by atoms with van der Waals surface area (Å²) in [6, 6.07) is 11.9. The number of hydrogen-bond donors (Lipinski definition) is 1. The van der Waals surface area contributed by atoms with Crippen molar-refractivity contribution in [1.29, 1.82) is 0 Å². The van der Waals surface area contributed by atoms with Crippen molar-refractivity contribution in [3.63, 3.8) is 0 Å². The number of aromatic nitrogens is 1. The highest BCUT2D eigenvalue weighted by atomic mass is 32.1. The molecule has 116 valence electrons. The highest BCUT2D eigenvalue weighted by molar-refractivity contribution is 7.20. The van der Waals surface area contributed by atoms with E-state index >= 15 is 0 Å². The van der Waals surface area contributed by atoms with Crippen LogP contribution in [0.25, 0.3) is 9.88 Å². The minimum absolute atomic E-state index is 0.0238. The van der Waals surface area contributed by atoms with Gasteiger partial charge in [0.05, 0.1) is 10.9 Å². The van der Waals surface area contributed by atoms with Crippen LogP contribution in [0.1, 0.15) is 16.1 Å². The smallest absolute Gasteiger partial charge is 0.271 e. The number of thiazole rings is 1. The first-order valence-corrected chi connectivity index (χ1v) is 9.06. The molecule has 1 amide bonds. The molecule has 0 spiro atoms. The molecule has 3 aromatic rings. The number of rotatable bonds is 3. The van der Waals surface area contributed by atoms with Crippen LogP contribution in [-0.4, -0.2) is 23.5 Å². The zero-order valence-electron chi connectivity index (χ0n) is 12.2. The number of amides is 1. The maximum Gasteiger partial charge on any atom is 0.271 e. The first-order valence-electron chi connectivity index (χ1n) is 7.30. The quantitative estimate of drug-likeness (QED) is 0.791. The molecule has 0 bridgehead atoms. The van der Waals surface area contributed by atoms with Gasteiger partial charge in [-0.3, -0.25) is 4.79 Å². The Morgan fingerprint density at radius 1 is 1.22 bits per heavy atom. The van der Waals surface area contributed by atoms with Crippen molar-refractivity contribution in [2.45, 2.75) is 12.5 Å². The summed E-state index contributed by atoms with van der Waals surface area (Å²) >= 11 is 3.12. The SMILES string of the molecule is O=C(NC1COc2ccccc2C1)c1csc(-c2cccs2)n1. The van der Waals surface area contributed by atoms with Crippen LogP contribution in [0.2, 0.25) is 0 Å². The number of carbonyl (C=O) groups is 1. The first-order chi connectivity index (χ1) is 11.3. The van der Waals surface area contributed by atoms with E-state index in [0.29, 0.717) is 12.3 Å². The molecule has 0 saturated carbocycles. The van der Waals surface area contributed by atoms with Crippen molar-refractivity contribution in [3.8, 4) is 15.6 Å². The number of hydrogen-bond acceptors (Lipinski definition) is 5. The van der Waals surface area contributed by atoms with Gasteiger partial charge in [-0.05, 0) is 29.5 Å². The van der Waals surface area contributed by atoms with E-state index in [1.807, 2.05) is 47.2 Å². The van der Waals surface area contributed by atoms with Gasteiger partial charge >= 0.3 is 0 Å². The van der Waals surface area contributed by atoms with Crippen LogP contribution in [0.5, 0.6) is 5.75 Å². The Bertz CT molecular complexity index is 827. The summed E-state index contributed by atoms with van der Waals surface area (Å²) in [5.74, 6) is 0.767. The number of carbonyl (C=O) groups excluding carboxylic acids is 1. The number of ether oxygens (including phenoxy) is 1. The molecule has 2 aromatic heterocycles. The zero-order chi connectivity index (χ0) is 15.6. The minimum Gasteiger partial charge on any atom is -0.491 e. The third kappa shape index (κ3) is 3.00. The number of para-hydroxylation sites is 1. The lowest BCUT2D eigenvalue weighted by atomic mass is 10.0. The lowest BCUT2D eigenvalue weighted by Crippen LogP contribution is -2.42. The molecule has 0 aliphatic carbocycles. The van der Waals surface area contributed by atoms with Crippen LogP contribution in [0.3, 0.4) is 0 Å². The number of nitrogens with one attached hydrogen (secondary N) is 1. The zero-order valence-corrected chi connectivity index (χ0v) is 13.8. The fourth-order valence-electron chi connectivity index (χ4n) is 2.57. The van der Waals surface area contributed by atoms with E-state index in [9.17, 15) is 4.79 Å². The maximum atomic E-state index is 12.4. The molecule has 23 heavy (non-hydrogen) atoms. The number of fused-ring (bicyclic) bond motifs is 1. The molecule has 1 unspecified atom stereocenters. The molecule has 0 fully saturated rings. The summed E-state index contributed by atoms with van der Waals surface area (Å²) in [7, 11) is 0. The first kappa shape index (κ1) is 14.4. The van der Waals surface area contributed by atoms with Gasteiger partial charge in [-0.2, -0.15) is 0 Å². The number of benzene rings is 1. The molecule has 1 aliphatic rings. The van der Waals surface area contributed by atoms with Crippen LogP contribution in [-0.2, 0) is 6.42 Å². The van der Waals surface area contributed by atoms with Crippen molar-refractivity contribution < 1.29 is 9.53 Å². The van der Waals surface area contributed by atoms with Crippen LogP contribution < -0.4 is 10.1 Å². The maximum absolute atomic E-state index is 12.4. The molecule has 1 N–H and O–H groups in total. The second-order valence-electron chi connectivity index (χ2n) is 5.31. The summed E-state index contributed by atoms with van der Waals surface area (Å²) in [6.45, 7) is 0.491. The van der Waals surface area contributed by atoms with E-state index in [1.165, 1.54) is 11.3 Å². The largest absolute Gasteiger partial charge is 0.491 e. The van der Waals surface area contributed by atoms with E-state index in [1.54, 1.807) is 11.3 Å². The topological polar surface area (TPSA) is 51.2 Å². The third-order valence-electron chi connectivity index (χ3n) is 3.68. The van der Waals surface area contributed by atoms with E-state index in [4.69, 9.17) is 4.74 Å². The standard InChI is InChI=1S/C17H14N2O2S2/c20-16(13-10-23-17(19-13)15-6-3-7-22-15)18-12-8-11-4-1-2-5-14(11)21-9-12/h1-7,10,12H,8-9H2,(H,18,20). The van der Waals surface area contributed by atoms with Crippen molar-refractivity contribution in [3.05, 3.63) is 58.4 Å². The van der Waals surface area contributed by atoms with Gasteiger partial charge in [-0.15, -0.1) is 22.7 Å². The van der Waals surface area contributed by atoms with Gasteiger partial charge < -0.3 is 10.1 Å². The summed E-state index contributed by atoms with van der Waals surface area (Å²) < 4.78 is 5.71. The Morgan fingerprint density at radius 2 is 2.13 bits per heavy atom. The van der Waals surface area contributed by atoms with Gasteiger partial charge in [-0.25, -0.2) is 4.98 Å². The van der Waals surface area contributed by atoms with Crippen molar-refractivity contribution in [2.75, 3.05) is 6.61 Å². The fourth-order valence-corrected chi connectivity index (χ4v) is 4.19. The molecule has 4 rings (SSSR count). The lowest BCUT2D eigenvalue weighted by molar-refractivity contribution is 0.0911. The number of nitrogens with zero attached hydrogens (tertiary/aromatic N) is 1. The molecule has 3 heterocycles. The van der Waals surface area contributed by atoms with E-state index in [2.05, 4.69) is 10.3 Å². The van der Waals surface area contributed by atoms with Gasteiger partial charge in [0.25, 0.3) is 5.91 Å². The molecular formula is C17H14N2O2S2. The van der Waals surface area contributed by atoms with Crippen molar-refractivity contribution in [2.24, 2.45) is 0 Å². The summed E-state index contributed by atoms with van der Waals surface area (Å²) in [4.78, 5) is 17.9. The molecule has 1 atom stereocenters. The highest BCUT2D eigenvalue weighted by Crippen LogP contribution is 2.28. The van der Waals surface area contributed by atoms with Crippen molar-refractivity contribution in [1.82, 2.24) is 10.3 Å². The van der Waals surface area contributed by atoms with Crippen molar-refractivity contribution >= 4 is 28.6 Å². The average molecular weight is 342 g/mol. The van der Waals surface area contributed by atoms with Crippen LogP contribution in [0.15, 0.2) is 47.2 Å². The predicted octanol–water partition coefficient (Wildman–Crippen LogP) is 3.61. The predicted molar refractivity (Wildman–Crippen MR) is 92.3 cm³/mol. The van der Waals surface area contributed by atoms with Gasteiger partial charge in [-0.1, -0.05) is 24.3 Å². The second-order valence-corrected chi connectivity index (χ2v) is 7.11. The molecule has 6 heteroatoms. The highest BCUT2D eigenvalue weighted by Gasteiger charge is 2.22. The monoisotopic (exact) mass is 342 g/mol. The molecule has 0 saturated heterocycles. The molecule has 1 aliphatic heterocycles. The second kappa shape index (κ2) is 6.14. The Labute approximate surface area is 141 Å². The number of thiophene rings is 1. The minimum atomic E-state index is -0.142. The molecular weight excluding hydrogens is 328 g/mol. The van der Waals surface area contributed by atoms with Crippen LogP contribution in [0.4, 0.5) is 0 Å². The fraction of sp³-hybridized carbons (Fsp3) is 0.176. The normalized spacial score (nSPS) is 16.4. The Hall–Kier alpha value is -2.18. The van der Waals surface area contributed by atoms with Crippen LogP contribution in [0, 0.1) is 0 Å².